The third-order valence-electron chi connectivity index (χ3n) is 2.10. The van der Waals surface area contributed by atoms with Crippen LogP contribution >= 0.6 is 15.9 Å². The molecule has 1 rings (SSSR count). The van der Waals surface area contributed by atoms with Crippen molar-refractivity contribution in [3.8, 4) is 5.75 Å². The van der Waals surface area contributed by atoms with Crippen LogP contribution in [-0.4, -0.2) is 11.2 Å². The topological polar surface area (TPSA) is 29.5 Å². The number of hydrogen-bond donors (Lipinski definition) is 1. The van der Waals surface area contributed by atoms with Crippen LogP contribution in [0.4, 0.5) is 0 Å². The summed E-state index contributed by atoms with van der Waals surface area (Å²) in [6, 6.07) is 5.66. The van der Waals surface area contributed by atoms with Crippen molar-refractivity contribution < 1.29 is 9.84 Å². The molecule has 0 aliphatic rings. The van der Waals surface area contributed by atoms with Crippen LogP contribution in [0, 0.1) is 0 Å². The first-order valence-corrected chi connectivity index (χ1v) is 5.52. The van der Waals surface area contributed by atoms with Crippen molar-refractivity contribution in [3.05, 3.63) is 28.2 Å². The molecule has 1 aromatic carbocycles. The Bertz CT molecular complexity index is 299. The Morgan fingerprint density at radius 2 is 2.21 bits per heavy atom. The van der Waals surface area contributed by atoms with Gasteiger partial charge >= 0.3 is 0 Å². The van der Waals surface area contributed by atoms with E-state index >= 15 is 0 Å². The van der Waals surface area contributed by atoms with Gasteiger partial charge in [0, 0.05) is 10.0 Å². The maximum Gasteiger partial charge on any atom is 0.125 e. The van der Waals surface area contributed by atoms with Crippen molar-refractivity contribution in [2.45, 2.75) is 33.0 Å². The third kappa shape index (κ3) is 3.00. The molecule has 0 saturated heterocycles. The number of rotatable bonds is 4. The zero-order valence-corrected chi connectivity index (χ0v) is 10.0. The molecular weight excluding hydrogens is 244 g/mol. The van der Waals surface area contributed by atoms with Gasteiger partial charge in [-0.1, -0.05) is 22.9 Å². The Kier molecular flexibility index (Phi) is 4.42. The summed E-state index contributed by atoms with van der Waals surface area (Å²) in [5.74, 6) is 0.769. The molecule has 3 heteroatoms. The molecule has 1 aromatic rings. The molecule has 2 nitrogen and oxygen atoms in total. The third-order valence-corrected chi connectivity index (χ3v) is 2.59. The van der Waals surface area contributed by atoms with Crippen LogP contribution in [0.5, 0.6) is 5.75 Å². The molecule has 0 saturated carbocycles. The molecule has 0 radical (unpaired) electrons. The van der Waals surface area contributed by atoms with Crippen molar-refractivity contribution in [1.29, 1.82) is 0 Å². The fourth-order valence-corrected chi connectivity index (χ4v) is 1.50. The van der Waals surface area contributed by atoms with Crippen LogP contribution in [0.2, 0.25) is 0 Å². The van der Waals surface area contributed by atoms with E-state index < -0.39 is 0 Å². The minimum Gasteiger partial charge on any atom is -0.490 e. The molecule has 0 aliphatic carbocycles. The Hall–Kier alpha value is -0.540. The van der Waals surface area contributed by atoms with E-state index in [1.54, 1.807) is 0 Å². The fraction of sp³-hybridized carbons (Fsp3) is 0.455. The smallest absolute Gasteiger partial charge is 0.125 e. The average molecular weight is 259 g/mol. The molecule has 78 valence electrons. The summed E-state index contributed by atoms with van der Waals surface area (Å²) in [6.45, 7) is 4.09. The number of benzene rings is 1. The van der Waals surface area contributed by atoms with Gasteiger partial charge in [0.15, 0.2) is 0 Å². The number of ether oxygens (including phenoxy) is 1. The lowest BCUT2D eigenvalue weighted by atomic mass is 10.2. The van der Waals surface area contributed by atoms with Gasteiger partial charge in [-0.2, -0.15) is 0 Å². The lowest BCUT2D eigenvalue weighted by Crippen LogP contribution is -2.11. The average Bonchev–Trinajstić information content (AvgIpc) is 2.20. The molecule has 0 aliphatic heterocycles. The molecule has 0 aromatic heterocycles. The normalized spacial score (nSPS) is 12.6. The molecular formula is C11H15BrO2. The molecule has 0 amide bonds. The lowest BCUT2D eigenvalue weighted by Gasteiger charge is -2.15. The molecule has 1 unspecified atom stereocenters. The maximum absolute atomic E-state index is 9.13. The number of aliphatic hydroxyl groups is 1. The first kappa shape index (κ1) is 11.5. The van der Waals surface area contributed by atoms with E-state index in [1.807, 2.05) is 25.1 Å². The maximum atomic E-state index is 9.13. The van der Waals surface area contributed by atoms with Crippen molar-refractivity contribution in [2.24, 2.45) is 0 Å². The van der Waals surface area contributed by atoms with Gasteiger partial charge in [0.2, 0.25) is 0 Å². The van der Waals surface area contributed by atoms with E-state index in [1.165, 1.54) is 0 Å². The Morgan fingerprint density at radius 3 is 2.79 bits per heavy atom. The molecule has 1 N–H and O–H groups in total. The molecule has 0 fully saturated rings. The predicted octanol–water partition coefficient (Wildman–Crippen LogP) is 3.12. The van der Waals surface area contributed by atoms with Crippen molar-refractivity contribution >= 4 is 15.9 Å². The standard InChI is InChI=1S/C11H15BrO2/c1-3-8(2)14-11-5-4-10(12)6-9(11)7-13/h4-6,8,13H,3,7H2,1-2H3. The van der Waals surface area contributed by atoms with Crippen LogP contribution in [0.25, 0.3) is 0 Å². The summed E-state index contributed by atoms with van der Waals surface area (Å²) >= 11 is 3.35. The summed E-state index contributed by atoms with van der Waals surface area (Å²) in [5, 5.41) is 9.13. The Balaban J connectivity index is 2.85. The highest BCUT2D eigenvalue weighted by molar-refractivity contribution is 9.10. The van der Waals surface area contributed by atoms with Crippen LogP contribution < -0.4 is 4.74 Å². The summed E-state index contributed by atoms with van der Waals surface area (Å²) in [7, 11) is 0. The Morgan fingerprint density at radius 1 is 1.50 bits per heavy atom. The van der Waals surface area contributed by atoms with E-state index in [0.29, 0.717) is 0 Å². The highest BCUT2D eigenvalue weighted by atomic mass is 79.9. The first-order valence-electron chi connectivity index (χ1n) is 4.73. The highest BCUT2D eigenvalue weighted by Crippen LogP contribution is 2.24. The highest BCUT2D eigenvalue weighted by Gasteiger charge is 2.06. The van der Waals surface area contributed by atoms with Crippen LogP contribution in [0.3, 0.4) is 0 Å². The SMILES string of the molecule is CCC(C)Oc1ccc(Br)cc1CO. The predicted molar refractivity (Wildman–Crippen MR) is 60.4 cm³/mol. The van der Waals surface area contributed by atoms with E-state index in [-0.39, 0.29) is 12.7 Å². The summed E-state index contributed by atoms with van der Waals surface area (Å²) in [4.78, 5) is 0. The monoisotopic (exact) mass is 258 g/mol. The minimum absolute atomic E-state index is 0.00517. The zero-order valence-electron chi connectivity index (χ0n) is 8.46. The summed E-state index contributed by atoms with van der Waals surface area (Å²) in [6.07, 6.45) is 1.14. The molecule has 0 heterocycles. The molecule has 14 heavy (non-hydrogen) atoms. The van der Waals surface area contributed by atoms with Gasteiger partial charge in [0.25, 0.3) is 0 Å². The number of aliphatic hydroxyl groups excluding tert-OH is 1. The molecule has 1 atom stereocenters. The van der Waals surface area contributed by atoms with Crippen LogP contribution in [0.1, 0.15) is 25.8 Å². The lowest BCUT2D eigenvalue weighted by molar-refractivity contribution is 0.206. The van der Waals surface area contributed by atoms with Crippen LogP contribution in [-0.2, 0) is 6.61 Å². The first-order chi connectivity index (χ1) is 6.67. The quantitative estimate of drug-likeness (QED) is 0.900. The van der Waals surface area contributed by atoms with Crippen molar-refractivity contribution in [3.63, 3.8) is 0 Å². The second kappa shape index (κ2) is 5.37. The van der Waals surface area contributed by atoms with Crippen LogP contribution in [0.15, 0.2) is 22.7 Å². The minimum atomic E-state index is 0.00517. The number of halogens is 1. The van der Waals surface area contributed by atoms with Gasteiger partial charge in [0.1, 0.15) is 5.75 Å². The second-order valence-electron chi connectivity index (χ2n) is 3.25. The number of hydrogen-bond acceptors (Lipinski definition) is 2. The molecule has 0 bridgehead atoms. The van der Waals surface area contributed by atoms with Gasteiger partial charge in [-0.25, -0.2) is 0 Å². The van der Waals surface area contributed by atoms with Gasteiger partial charge in [0.05, 0.1) is 12.7 Å². The summed E-state index contributed by atoms with van der Waals surface area (Å²) in [5.41, 5.74) is 0.819. The second-order valence-corrected chi connectivity index (χ2v) is 4.16. The van der Waals surface area contributed by atoms with E-state index in [0.717, 1.165) is 22.2 Å². The summed E-state index contributed by atoms with van der Waals surface area (Å²) < 4.78 is 6.62. The van der Waals surface area contributed by atoms with Gasteiger partial charge in [-0.15, -0.1) is 0 Å². The van der Waals surface area contributed by atoms with Crippen molar-refractivity contribution in [2.75, 3.05) is 0 Å². The van der Waals surface area contributed by atoms with E-state index in [2.05, 4.69) is 22.9 Å². The van der Waals surface area contributed by atoms with Gasteiger partial charge < -0.3 is 9.84 Å². The van der Waals surface area contributed by atoms with Crippen molar-refractivity contribution in [1.82, 2.24) is 0 Å². The largest absolute Gasteiger partial charge is 0.490 e. The molecule has 0 spiro atoms. The fourth-order valence-electron chi connectivity index (χ4n) is 1.09. The Labute approximate surface area is 93.0 Å². The zero-order chi connectivity index (χ0) is 10.6. The van der Waals surface area contributed by atoms with E-state index in [4.69, 9.17) is 9.84 Å². The van der Waals surface area contributed by atoms with Gasteiger partial charge in [-0.3, -0.25) is 0 Å². The van der Waals surface area contributed by atoms with Gasteiger partial charge in [-0.05, 0) is 31.5 Å². The van der Waals surface area contributed by atoms with E-state index in [9.17, 15) is 0 Å².